The van der Waals surface area contributed by atoms with Gasteiger partial charge in [-0.2, -0.15) is 8.42 Å². The van der Waals surface area contributed by atoms with Crippen LogP contribution in [0.2, 0.25) is 0 Å². The van der Waals surface area contributed by atoms with Crippen LogP contribution in [0, 0.1) is 35.5 Å². The SMILES string of the molecule is C=C1C[C@@H]2CC[C@@]34C[C@@]5(C)O[C@H]6C(O3)[C@H]3OC(CC[C@@H]3O[C@H]6C5O4)CC(=O)C[C@@H]3[C@@H](C)[C@@H](C[C@H](O)CN)O[C@H]3CC3O[C@@H](CCC1O2)C[C@@H](C)C3=C.C=C1C[C@@H]2CC[C@@]34C[C@H]5O[C@H]6C(O3)[C@H]3OC(CC[C@@H]3O[C@H]6C5O4)CC(=O)C[C@@H]3[C@@H](C)[C@@H](C[C@H](O)CN)O[C@H]3CC3O[C@@H](CCC1O2)C[C@@H](C)C3=C.CS(=O)(=O)O. The molecule has 0 amide bonds. The number of hydrogen-bond donors (Lipinski definition) is 5. The minimum Gasteiger partial charge on any atom is -0.392 e. The van der Waals surface area contributed by atoms with Crippen molar-refractivity contribution in [3.05, 3.63) is 48.6 Å². The number of carbonyl (C=O) groups is 2. The molecule has 26 heteroatoms. The minimum atomic E-state index is -3.67. The fourth-order valence-electron chi connectivity index (χ4n) is 23.0. The number of fused-ring (bicyclic) bond motifs is 12. The quantitative estimate of drug-likeness (QED) is 0.124. The summed E-state index contributed by atoms with van der Waals surface area (Å²) in [6, 6.07) is 0. The largest absolute Gasteiger partial charge is 0.392 e. The molecule has 20 aliphatic rings. The lowest BCUT2D eigenvalue weighted by molar-refractivity contribution is -0.294. The summed E-state index contributed by atoms with van der Waals surface area (Å²) in [5.74, 6) is -0.494. The molecule has 20 fully saturated rings. The summed E-state index contributed by atoms with van der Waals surface area (Å²) in [6.07, 6.45) is 13.3. The van der Waals surface area contributed by atoms with Gasteiger partial charge in [0.15, 0.2) is 11.6 Å². The van der Waals surface area contributed by atoms with E-state index in [1.54, 1.807) is 0 Å². The molecule has 20 rings (SSSR count). The molecule has 24 bridgehead atoms. The van der Waals surface area contributed by atoms with Gasteiger partial charge in [-0.3, -0.25) is 14.1 Å². The van der Waals surface area contributed by atoms with Crippen molar-refractivity contribution >= 4 is 21.7 Å². The van der Waals surface area contributed by atoms with Gasteiger partial charge in [0.05, 0.1) is 122 Å². The number of ether oxygens (including phenoxy) is 16. The Morgan fingerprint density at radius 1 is 0.444 bits per heavy atom. The number of rotatable bonds is 6. The van der Waals surface area contributed by atoms with E-state index in [0.717, 1.165) is 112 Å². The lowest BCUT2D eigenvalue weighted by atomic mass is 9.78. The van der Waals surface area contributed by atoms with Crippen molar-refractivity contribution < 1.29 is 109 Å². The molecule has 0 aromatic heterocycles. The van der Waals surface area contributed by atoms with E-state index < -0.39 is 39.5 Å². The number of nitrogens with two attached hydrogens (primary N) is 2. The lowest BCUT2D eigenvalue weighted by Crippen LogP contribution is -2.61. The number of ketones is 2. The van der Waals surface area contributed by atoms with Gasteiger partial charge in [0.1, 0.15) is 78.2 Å². The predicted octanol–water partition coefficient (Wildman–Crippen LogP) is 8.01. The van der Waals surface area contributed by atoms with Gasteiger partial charge in [0, 0.05) is 90.1 Å². The first-order chi connectivity index (χ1) is 51.5. The third kappa shape index (κ3) is 16.1. The molecule has 108 heavy (non-hydrogen) atoms. The van der Waals surface area contributed by atoms with Crippen LogP contribution < -0.4 is 11.5 Å². The molecule has 10 unspecified atom stereocenters. The van der Waals surface area contributed by atoms with Gasteiger partial charge in [0.25, 0.3) is 10.1 Å². The molecule has 0 saturated carbocycles. The fraction of sp³-hybridized carbons (Fsp3) is 0.878. The summed E-state index contributed by atoms with van der Waals surface area (Å²) in [4.78, 5) is 28.0. The van der Waals surface area contributed by atoms with Gasteiger partial charge < -0.3 is 97.5 Å². The molecule has 0 aromatic carbocycles. The Morgan fingerprint density at radius 3 is 1.37 bits per heavy atom. The summed E-state index contributed by atoms with van der Waals surface area (Å²) >= 11 is 0. The van der Waals surface area contributed by atoms with Crippen LogP contribution in [0.3, 0.4) is 0 Å². The van der Waals surface area contributed by atoms with Crippen molar-refractivity contribution in [1.82, 2.24) is 0 Å². The van der Waals surface area contributed by atoms with Crippen LogP contribution in [0.5, 0.6) is 0 Å². The van der Waals surface area contributed by atoms with Crippen LogP contribution in [0.1, 0.15) is 202 Å². The van der Waals surface area contributed by atoms with Crippen molar-refractivity contribution in [2.24, 2.45) is 47.0 Å². The third-order valence-electron chi connectivity index (χ3n) is 28.7. The molecule has 7 N–H and O–H groups in total. The summed E-state index contributed by atoms with van der Waals surface area (Å²) in [7, 11) is -3.67. The van der Waals surface area contributed by atoms with Gasteiger partial charge in [-0.15, -0.1) is 0 Å². The second-order valence-corrected chi connectivity index (χ2v) is 38.1. The van der Waals surface area contributed by atoms with Crippen molar-refractivity contribution in [2.45, 2.75) is 396 Å². The van der Waals surface area contributed by atoms with Crippen LogP contribution >= 0.6 is 0 Å². The van der Waals surface area contributed by atoms with Crippen LogP contribution in [0.4, 0.5) is 0 Å². The molecular formula is C82H124N2O23S. The Balaban J connectivity index is 0.000000155. The van der Waals surface area contributed by atoms with E-state index in [1.165, 1.54) is 0 Å². The van der Waals surface area contributed by atoms with Gasteiger partial charge in [-0.1, -0.05) is 54.0 Å². The molecule has 20 heterocycles. The molecule has 0 radical (unpaired) electrons. The Hall–Kier alpha value is -2.59. The molecule has 25 nitrogen and oxygen atoms in total. The first-order valence-corrected chi connectivity index (χ1v) is 43.4. The minimum absolute atomic E-state index is 0.00127. The number of Topliss-reactive ketones (excluding diaryl/α,β-unsaturated/α-hetero) is 2. The van der Waals surface area contributed by atoms with Gasteiger partial charge >= 0.3 is 0 Å². The topological polar surface area (TPSA) is 329 Å². The predicted molar refractivity (Wildman–Crippen MR) is 391 cm³/mol. The second kappa shape index (κ2) is 31.5. The smallest absolute Gasteiger partial charge is 0.261 e. The third-order valence-corrected chi connectivity index (χ3v) is 28.7. The van der Waals surface area contributed by atoms with E-state index in [4.69, 9.17) is 91.8 Å². The number of aliphatic hydroxyl groups excluding tert-OH is 2. The maximum Gasteiger partial charge on any atom is 0.261 e. The van der Waals surface area contributed by atoms with E-state index in [1.807, 2.05) is 0 Å². The average Bonchev–Trinajstić information content (AvgIpc) is 1.54. The van der Waals surface area contributed by atoms with Gasteiger partial charge in [-0.25, -0.2) is 0 Å². The highest BCUT2D eigenvalue weighted by Gasteiger charge is 2.74. The summed E-state index contributed by atoms with van der Waals surface area (Å²) in [5, 5.41) is 21.0. The highest BCUT2D eigenvalue weighted by Crippen LogP contribution is 2.60. The van der Waals surface area contributed by atoms with Crippen LogP contribution in [-0.4, -0.2) is 248 Å². The fourth-order valence-corrected chi connectivity index (χ4v) is 23.0. The van der Waals surface area contributed by atoms with E-state index in [2.05, 4.69) is 60.9 Å². The van der Waals surface area contributed by atoms with Crippen LogP contribution in [-0.2, 0) is 95.5 Å². The molecule has 2 spiro atoms. The molecule has 20 saturated heterocycles. The number of carbonyl (C=O) groups excluding carboxylic acids is 2. The Morgan fingerprint density at radius 2 is 0.861 bits per heavy atom. The summed E-state index contributed by atoms with van der Waals surface area (Å²) < 4.78 is 134. The van der Waals surface area contributed by atoms with Crippen molar-refractivity contribution in [1.29, 1.82) is 0 Å². The zero-order valence-corrected chi connectivity index (χ0v) is 65.2. The second-order valence-electron chi connectivity index (χ2n) is 36.6. The molecule has 606 valence electrons. The molecule has 0 aliphatic carbocycles. The van der Waals surface area contributed by atoms with E-state index in [9.17, 15) is 28.2 Å². The Labute approximate surface area is 637 Å². The molecular weight excluding hydrogens is 1410 g/mol. The Bertz CT molecular complexity index is 3430. The molecule has 20 aliphatic heterocycles. The highest BCUT2D eigenvalue weighted by atomic mass is 32.2. The van der Waals surface area contributed by atoms with E-state index in [0.29, 0.717) is 95.1 Å². The maximum absolute atomic E-state index is 14.0. The highest BCUT2D eigenvalue weighted by molar-refractivity contribution is 7.85. The van der Waals surface area contributed by atoms with Crippen LogP contribution in [0.25, 0.3) is 0 Å². The number of aliphatic hydroxyl groups is 2. The maximum atomic E-state index is 14.0. The normalized spacial score (nSPS) is 51.6. The van der Waals surface area contributed by atoms with E-state index >= 15 is 0 Å². The standard InChI is InChI=1S/C41H61NO10.C40H59NO10.CH4O3S/c1-20-12-26-6-8-30-21(2)13-28(45-30)10-11-41-19-40(5)39(52-41)38-37(50-40)36(51-41)35-31(49-38)9-7-27(47-35)14-24(43)15-29-23(4)32(16-25(44)18-42)48-34(29)17-33(46-26)22(20)3;1-19-11-25-5-7-29-20(2)12-27(44-29)9-10-40-17-34-36(50-40)37-38(49-34)39(51-40)35-30(48-37)8-6-26(46-35)13-23(42)14-28-22(4)31(15-24(43)18-41)47-33(28)16-32(45-25)21(19)3;1-5(2,3)4/h20,23,25-39,44H,2-3,6-19,42H2,1,4-5H3;19,22,24-39,43H,2-3,5-18,41H2,1,4H3;1H3,(H,2,3,4)/t20-,23-,25+,26+,27?,28+,29-,30?,31+,32-,33?,34+,35+,36?,37+,38-,39?,40-,41-;19-,22-,24+,25+,26?,27+,28-,29?,30+,31-,32?,33+,34-,35+,36?,37+,38-,39?,40+;/m11./s1. The molecule has 38 atom stereocenters. The zero-order valence-electron chi connectivity index (χ0n) is 64.4. The van der Waals surface area contributed by atoms with Gasteiger partial charge in [-0.05, 0) is 155 Å². The average molecular weight is 1540 g/mol. The van der Waals surface area contributed by atoms with Crippen molar-refractivity contribution in [2.75, 3.05) is 19.3 Å². The van der Waals surface area contributed by atoms with E-state index in [-0.39, 0.29) is 213 Å². The molecule has 0 aromatic rings. The first-order valence-electron chi connectivity index (χ1n) is 41.5. The lowest BCUT2D eigenvalue weighted by Gasteiger charge is -2.47. The monoisotopic (exact) mass is 1540 g/mol. The summed E-state index contributed by atoms with van der Waals surface area (Å²) in [5.41, 5.74) is 15.6. The Kier molecular flexibility index (Phi) is 23.1. The first kappa shape index (κ1) is 79.3. The van der Waals surface area contributed by atoms with Crippen molar-refractivity contribution in [3.8, 4) is 0 Å². The summed E-state index contributed by atoms with van der Waals surface area (Å²) in [6.45, 7) is 29.1. The zero-order chi connectivity index (χ0) is 75.8. The number of hydrogen-bond acceptors (Lipinski definition) is 24. The van der Waals surface area contributed by atoms with Crippen LogP contribution in [0.15, 0.2) is 48.6 Å². The van der Waals surface area contributed by atoms with Gasteiger partial charge in [0.2, 0.25) is 0 Å². The van der Waals surface area contributed by atoms with Crippen molar-refractivity contribution in [3.63, 3.8) is 0 Å².